The molecule has 2 heterocycles. The number of terminal acetylenes is 1. The minimum atomic E-state index is -0.947. The number of phenols is 3. The van der Waals surface area contributed by atoms with Gasteiger partial charge in [-0.25, -0.2) is 0 Å². The number of rotatable bonds is 5. The lowest BCUT2D eigenvalue weighted by atomic mass is 9.85. The van der Waals surface area contributed by atoms with Crippen LogP contribution in [0.2, 0.25) is 0 Å². The van der Waals surface area contributed by atoms with Gasteiger partial charge in [0.15, 0.2) is 28.8 Å². The molecule has 0 saturated heterocycles. The lowest BCUT2D eigenvalue weighted by Gasteiger charge is -2.26. The van der Waals surface area contributed by atoms with E-state index < -0.39 is 40.3 Å². The summed E-state index contributed by atoms with van der Waals surface area (Å²) >= 11 is 0. The zero-order valence-electron chi connectivity index (χ0n) is 19.8. The first-order valence-corrected chi connectivity index (χ1v) is 11.3. The Morgan fingerprint density at radius 3 is 2.50 bits per heavy atom. The van der Waals surface area contributed by atoms with Crippen LogP contribution in [0.15, 0.2) is 51.7 Å². The van der Waals surface area contributed by atoms with Crippen molar-refractivity contribution in [1.29, 1.82) is 0 Å². The van der Waals surface area contributed by atoms with Crippen LogP contribution >= 0.6 is 0 Å². The van der Waals surface area contributed by atoms with Gasteiger partial charge in [0.2, 0.25) is 11.2 Å². The average Bonchev–Trinajstić information content (AvgIpc) is 2.90. The number of carbonyl (C=O) groups is 1. The Hall–Kier alpha value is -5.30. The smallest absolute Gasteiger partial charge is 0.312 e. The molecule has 0 bridgehead atoms. The summed E-state index contributed by atoms with van der Waals surface area (Å²) in [6.07, 6.45) is 5.17. The van der Waals surface area contributed by atoms with Crippen LogP contribution in [0.4, 0.5) is 0 Å². The summed E-state index contributed by atoms with van der Waals surface area (Å²) in [4.78, 5) is 25.7. The lowest BCUT2D eigenvalue weighted by Crippen LogP contribution is -2.22. The number of hydrogen-bond acceptors (Lipinski definition) is 10. The van der Waals surface area contributed by atoms with Gasteiger partial charge in [-0.05, 0) is 35.9 Å². The lowest BCUT2D eigenvalue weighted by molar-refractivity contribution is -0.135. The third-order valence-corrected chi connectivity index (χ3v) is 6.20. The Kier molecular flexibility index (Phi) is 5.97. The molecule has 0 saturated carbocycles. The molecule has 1 aliphatic heterocycles. The van der Waals surface area contributed by atoms with Crippen LogP contribution in [0.1, 0.15) is 23.5 Å². The third kappa shape index (κ3) is 3.96. The Balaban J connectivity index is 1.79. The molecule has 0 spiro atoms. The van der Waals surface area contributed by atoms with Crippen molar-refractivity contribution >= 4 is 16.9 Å². The molecule has 10 nitrogen and oxygen atoms in total. The first kappa shape index (κ1) is 24.4. The predicted molar refractivity (Wildman–Crippen MR) is 134 cm³/mol. The van der Waals surface area contributed by atoms with Gasteiger partial charge in [0.25, 0.3) is 0 Å². The van der Waals surface area contributed by atoms with Crippen molar-refractivity contribution in [3.8, 4) is 63.9 Å². The quantitative estimate of drug-likeness (QED) is 0.133. The van der Waals surface area contributed by atoms with Crippen LogP contribution in [-0.2, 0) is 4.79 Å². The Labute approximate surface area is 214 Å². The first-order valence-electron chi connectivity index (χ1n) is 11.3. The van der Waals surface area contributed by atoms with Gasteiger partial charge in [-0.15, -0.1) is 6.42 Å². The molecule has 0 aliphatic carbocycles. The molecule has 192 valence electrons. The van der Waals surface area contributed by atoms with Crippen molar-refractivity contribution in [1.82, 2.24) is 0 Å². The number of benzene rings is 3. The SMILES string of the molecule is C#CCOc1cc([C@H]2CC(=O)Oc3cc(O)c4c(=O)c(O)c(-c5ccc(O)c(O)c5)oc4c32)ccc1OC. The van der Waals surface area contributed by atoms with Crippen LogP contribution in [0.25, 0.3) is 22.3 Å². The molecular formula is C28H20O10. The van der Waals surface area contributed by atoms with Gasteiger partial charge in [0.1, 0.15) is 29.1 Å². The fraction of sp³-hybridized carbons (Fsp3) is 0.143. The summed E-state index contributed by atoms with van der Waals surface area (Å²) < 4.78 is 22.3. The number of esters is 1. The molecule has 38 heavy (non-hydrogen) atoms. The maximum Gasteiger partial charge on any atom is 0.312 e. The average molecular weight is 516 g/mol. The van der Waals surface area contributed by atoms with E-state index in [4.69, 9.17) is 25.1 Å². The highest BCUT2D eigenvalue weighted by Crippen LogP contribution is 2.48. The minimum absolute atomic E-state index is 0.0309. The fourth-order valence-electron chi connectivity index (χ4n) is 4.47. The van der Waals surface area contributed by atoms with Crippen molar-refractivity contribution in [2.75, 3.05) is 13.7 Å². The summed E-state index contributed by atoms with van der Waals surface area (Å²) in [5, 5.41) is 40.6. The Morgan fingerprint density at radius 1 is 1.00 bits per heavy atom. The first-order chi connectivity index (χ1) is 18.2. The summed E-state index contributed by atoms with van der Waals surface area (Å²) in [6.45, 7) is -0.0309. The Bertz CT molecular complexity index is 1710. The van der Waals surface area contributed by atoms with Gasteiger partial charge in [-0.3, -0.25) is 9.59 Å². The number of fused-ring (bicyclic) bond motifs is 3. The third-order valence-electron chi connectivity index (χ3n) is 6.20. The van der Waals surface area contributed by atoms with Gasteiger partial charge >= 0.3 is 5.97 Å². The van der Waals surface area contributed by atoms with Gasteiger partial charge in [-0.1, -0.05) is 12.0 Å². The van der Waals surface area contributed by atoms with E-state index in [-0.39, 0.29) is 46.6 Å². The number of methoxy groups -OCH3 is 1. The van der Waals surface area contributed by atoms with Gasteiger partial charge in [-0.2, -0.15) is 0 Å². The molecule has 0 amide bonds. The zero-order chi connectivity index (χ0) is 27.1. The molecule has 0 fully saturated rings. The molecule has 10 heteroatoms. The highest BCUT2D eigenvalue weighted by molar-refractivity contribution is 5.94. The molecule has 1 atom stereocenters. The van der Waals surface area contributed by atoms with E-state index in [1.807, 2.05) is 0 Å². The normalized spacial score (nSPS) is 14.4. The largest absolute Gasteiger partial charge is 0.507 e. The van der Waals surface area contributed by atoms with E-state index in [1.165, 1.54) is 13.2 Å². The summed E-state index contributed by atoms with van der Waals surface area (Å²) in [6, 6.07) is 9.67. The highest BCUT2D eigenvalue weighted by atomic mass is 16.5. The van der Waals surface area contributed by atoms with Gasteiger partial charge < -0.3 is 39.1 Å². The van der Waals surface area contributed by atoms with Crippen molar-refractivity contribution in [3.63, 3.8) is 0 Å². The van der Waals surface area contributed by atoms with E-state index in [1.54, 1.807) is 18.2 Å². The van der Waals surface area contributed by atoms with Gasteiger partial charge in [0, 0.05) is 23.1 Å². The molecule has 5 rings (SSSR count). The minimum Gasteiger partial charge on any atom is -0.507 e. The molecule has 1 aliphatic rings. The second-order valence-corrected chi connectivity index (χ2v) is 8.46. The highest BCUT2D eigenvalue weighted by Gasteiger charge is 2.35. The van der Waals surface area contributed by atoms with E-state index in [2.05, 4.69) is 5.92 Å². The maximum absolute atomic E-state index is 13.2. The van der Waals surface area contributed by atoms with Crippen molar-refractivity contribution in [2.24, 2.45) is 0 Å². The predicted octanol–water partition coefficient (Wildman–Crippen LogP) is 3.74. The molecular weight excluding hydrogens is 496 g/mol. The zero-order valence-corrected chi connectivity index (χ0v) is 19.8. The topological polar surface area (TPSA) is 156 Å². The monoisotopic (exact) mass is 516 g/mol. The molecule has 4 aromatic rings. The summed E-state index contributed by atoms with van der Waals surface area (Å²) in [7, 11) is 1.46. The van der Waals surface area contributed by atoms with E-state index in [0.29, 0.717) is 17.1 Å². The summed E-state index contributed by atoms with van der Waals surface area (Å²) in [5.41, 5.74) is -0.163. The van der Waals surface area contributed by atoms with Crippen LogP contribution in [-0.4, -0.2) is 40.1 Å². The number of carbonyl (C=O) groups excluding carboxylic acids is 1. The summed E-state index contributed by atoms with van der Waals surface area (Å²) in [5.74, 6) is -0.877. The van der Waals surface area contributed by atoms with Crippen LogP contribution in [0.5, 0.6) is 40.2 Å². The van der Waals surface area contributed by atoms with Crippen LogP contribution < -0.4 is 19.6 Å². The maximum atomic E-state index is 13.2. The van der Waals surface area contributed by atoms with Crippen molar-refractivity contribution in [2.45, 2.75) is 12.3 Å². The van der Waals surface area contributed by atoms with Crippen molar-refractivity contribution < 1.29 is 43.8 Å². The molecule has 1 aromatic heterocycles. The van der Waals surface area contributed by atoms with Crippen LogP contribution in [0, 0.1) is 12.3 Å². The molecule has 0 radical (unpaired) electrons. The van der Waals surface area contributed by atoms with E-state index in [9.17, 15) is 30.0 Å². The molecule has 3 aromatic carbocycles. The Morgan fingerprint density at radius 2 is 1.79 bits per heavy atom. The van der Waals surface area contributed by atoms with E-state index in [0.717, 1.165) is 18.2 Å². The molecule has 4 N–H and O–H groups in total. The van der Waals surface area contributed by atoms with E-state index >= 15 is 0 Å². The fourth-order valence-corrected chi connectivity index (χ4v) is 4.47. The van der Waals surface area contributed by atoms with Crippen LogP contribution in [0.3, 0.4) is 0 Å². The number of aromatic hydroxyl groups is 4. The second-order valence-electron chi connectivity index (χ2n) is 8.46. The standard InChI is InChI=1S/C28H20O10/c1-3-8-36-20-10-13(5-7-19(20)35-2)15-11-22(32)37-21-12-18(31)24-25(33)26(34)27(38-28(24)23(15)21)14-4-6-16(29)17(30)9-14/h1,4-7,9-10,12,15,29-31,34H,8,11H2,2H3/t15-/m1/s1. The second kappa shape index (κ2) is 9.29. The molecule has 0 unspecified atom stereocenters. The van der Waals surface area contributed by atoms with Gasteiger partial charge in [0.05, 0.1) is 13.5 Å². The number of ether oxygens (including phenoxy) is 3. The number of hydrogen-bond donors (Lipinski definition) is 4. The van der Waals surface area contributed by atoms with Crippen molar-refractivity contribution in [3.05, 3.63) is 63.8 Å². The number of phenolic OH excluding ortho intramolecular Hbond substituents is 3.